The Balaban J connectivity index is 2.53. The van der Waals surface area contributed by atoms with Crippen molar-refractivity contribution in [3.63, 3.8) is 0 Å². The van der Waals surface area contributed by atoms with Gasteiger partial charge < -0.3 is 10.2 Å². The van der Waals surface area contributed by atoms with E-state index in [1.807, 2.05) is 0 Å². The van der Waals surface area contributed by atoms with Crippen LogP contribution in [0.2, 0.25) is 0 Å². The van der Waals surface area contributed by atoms with E-state index in [1.54, 1.807) is 27.8 Å². The zero-order chi connectivity index (χ0) is 15.6. The molecule has 0 aliphatic carbocycles. The monoisotopic (exact) mass is 303 g/mol. The van der Waals surface area contributed by atoms with Crippen LogP contribution < -0.4 is 5.32 Å². The lowest BCUT2D eigenvalue weighted by atomic mass is 9.93. The molecular formula is C14H29N3O2S. The van der Waals surface area contributed by atoms with Crippen LogP contribution in [-0.2, 0) is 9.84 Å². The SMILES string of the molecule is CN=C(NCCS(=O)(=O)C(C)(C)C)N1CCC(C)(C)C1. The van der Waals surface area contributed by atoms with Crippen LogP contribution in [0.5, 0.6) is 0 Å². The van der Waals surface area contributed by atoms with Crippen molar-refractivity contribution in [3.8, 4) is 0 Å². The first-order valence-electron chi connectivity index (χ1n) is 7.16. The molecule has 20 heavy (non-hydrogen) atoms. The fraction of sp³-hybridized carbons (Fsp3) is 0.929. The van der Waals surface area contributed by atoms with Crippen molar-refractivity contribution in [1.29, 1.82) is 0 Å². The van der Waals surface area contributed by atoms with Gasteiger partial charge in [0.05, 0.1) is 10.5 Å². The average Bonchev–Trinajstić information content (AvgIpc) is 2.63. The van der Waals surface area contributed by atoms with E-state index < -0.39 is 14.6 Å². The highest BCUT2D eigenvalue weighted by atomic mass is 32.2. The molecule has 0 aromatic heterocycles. The van der Waals surface area contributed by atoms with Gasteiger partial charge in [-0.15, -0.1) is 0 Å². The first-order chi connectivity index (χ1) is 8.98. The minimum Gasteiger partial charge on any atom is -0.355 e. The van der Waals surface area contributed by atoms with Gasteiger partial charge in [-0.1, -0.05) is 13.8 Å². The summed E-state index contributed by atoms with van der Waals surface area (Å²) in [7, 11) is -1.34. The number of hydrogen-bond donors (Lipinski definition) is 1. The predicted molar refractivity (Wildman–Crippen MR) is 84.9 cm³/mol. The van der Waals surface area contributed by atoms with Gasteiger partial charge in [-0.25, -0.2) is 8.42 Å². The predicted octanol–water partition coefficient (Wildman–Crippen LogP) is 1.51. The third kappa shape index (κ3) is 4.36. The number of likely N-dealkylation sites (tertiary alicyclic amines) is 1. The standard InChI is InChI=1S/C14H29N3O2S/c1-13(2,3)20(18,19)10-8-16-12(15-6)17-9-7-14(4,5)11-17/h7-11H2,1-6H3,(H,15,16). The summed E-state index contributed by atoms with van der Waals surface area (Å²) in [5.74, 6) is 0.937. The maximum absolute atomic E-state index is 12.1. The van der Waals surface area contributed by atoms with E-state index in [0.717, 1.165) is 25.5 Å². The summed E-state index contributed by atoms with van der Waals surface area (Å²) in [6.07, 6.45) is 1.13. The van der Waals surface area contributed by atoms with Crippen molar-refractivity contribution in [2.75, 3.05) is 32.4 Å². The van der Waals surface area contributed by atoms with Gasteiger partial charge in [-0.05, 0) is 32.6 Å². The second kappa shape index (κ2) is 5.92. The summed E-state index contributed by atoms with van der Waals surface area (Å²) < 4.78 is 23.4. The van der Waals surface area contributed by atoms with Crippen molar-refractivity contribution >= 4 is 15.8 Å². The molecular weight excluding hydrogens is 274 g/mol. The summed E-state index contributed by atoms with van der Waals surface area (Å²) in [5, 5.41) is 3.17. The maximum atomic E-state index is 12.1. The Morgan fingerprint density at radius 1 is 1.35 bits per heavy atom. The van der Waals surface area contributed by atoms with E-state index in [0.29, 0.717) is 12.0 Å². The molecule has 0 atom stereocenters. The van der Waals surface area contributed by atoms with E-state index in [4.69, 9.17) is 0 Å². The van der Waals surface area contributed by atoms with Crippen LogP contribution in [0.3, 0.4) is 0 Å². The van der Waals surface area contributed by atoms with Crippen LogP contribution >= 0.6 is 0 Å². The number of nitrogens with zero attached hydrogens (tertiary/aromatic N) is 2. The molecule has 0 radical (unpaired) electrons. The Morgan fingerprint density at radius 3 is 2.35 bits per heavy atom. The van der Waals surface area contributed by atoms with Crippen LogP contribution in [-0.4, -0.2) is 56.5 Å². The third-order valence-corrected chi connectivity index (χ3v) is 6.38. The van der Waals surface area contributed by atoms with E-state index in [2.05, 4.69) is 29.1 Å². The van der Waals surface area contributed by atoms with Crippen molar-refractivity contribution in [2.24, 2.45) is 10.4 Å². The van der Waals surface area contributed by atoms with Gasteiger partial charge in [0.15, 0.2) is 15.8 Å². The number of nitrogens with one attached hydrogen (secondary N) is 1. The number of hydrogen-bond acceptors (Lipinski definition) is 3. The molecule has 5 nitrogen and oxygen atoms in total. The van der Waals surface area contributed by atoms with Crippen molar-refractivity contribution < 1.29 is 8.42 Å². The molecule has 1 rings (SSSR count). The fourth-order valence-corrected chi connectivity index (χ4v) is 3.21. The molecule has 0 aromatic carbocycles. The second-order valence-corrected chi connectivity index (χ2v) is 10.1. The molecule has 1 aliphatic rings. The largest absolute Gasteiger partial charge is 0.355 e. The quantitative estimate of drug-likeness (QED) is 0.634. The zero-order valence-electron chi connectivity index (χ0n) is 13.7. The molecule has 0 bridgehead atoms. The van der Waals surface area contributed by atoms with Gasteiger partial charge in [0.2, 0.25) is 0 Å². The second-order valence-electron chi connectivity index (χ2n) is 7.24. The number of rotatable bonds is 3. The smallest absolute Gasteiger partial charge is 0.193 e. The van der Waals surface area contributed by atoms with Gasteiger partial charge in [0.25, 0.3) is 0 Å². The Kier molecular flexibility index (Phi) is 5.11. The highest BCUT2D eigenvalue weighted by Gasteiger charge is 2.32. The van der Waals surface area contributed by atoms with E-state index in [9.17, 15) is 8.42 Å². The van der Waals surface area contributed by atoms with Gasteiger partial charge in [0, 0.05) is 26.7 Å². The minimum atomic E-state index is -3.08. The van der Waals surface area contributed by atoms with Gasteiger partial charge in [0.1, 0.15) is 0 Å². The highest BCUT2D eigenvalue weighted by molar-refractivity contribution is 7.92. The van der Waals surface area contributed by atoms with Crippen LogP contribution in [0.15, 0.2) is 4.99 Å². The van der Waals surface area contributed by atoms with Crippen LogP contribution in [0, 0.1) is 5.41 Å². The fourth-order valence-electron chi connectivity index (χ4n) is 2.23. The number of sulfone groups is 1. The molecule has 118 valence electrons. The molecule has 1 fully saturated rings. The molecule has 1 saturated heterocycles. The van der Waals surface area contributed by atoms with Crippen molar-refractivity contribution in [2.45, 2.75) is 45.8 Å². The van der Waals surface area contributed by atoms with E-state index in [1.165, 1.54) is 0 Å². The molecule has 0 aromatic rings. The first-order valence-corrected chi connectivity index (χ1v) is 8.82. The lowest BCUT2D eigenvalue weighted by Gasteiger charge is -2.24. The minimum absolute atomic E-state index is 0.132. The Bertz CT molecular complexity index is 461. The Morgan fingerprint density at radius 2 is 1.95 bits per heavy atom. The van der Waals surface area contributed by atoms with E-state index >= 15 is 0 Å². The molecule has 0 saturated carbocycles. The number of guanidine groups is 1. The Hall–Kier alpha value is -0.780. The van der Waals surface area contributed by atoms with Crippen LogP contribution in [0.4, 0.5) is 0 Å². The van der Waals surface area contributed by atoms with Gasteiger partial charge in [-0.2, -0.15) is 0 Å². The zero-order valence-corrected chi connectivity index (χ0v) is 14.5. The van der Waals surface area contributed by atoms with E-state index in [-0.39, 0.29) is 5.75 Å². The highest BCUT2D eigenvalue weighted by Crippen LogP contribution is 2.28. The summed E-state index contributed by atoms with van der Waals surface area (Å²) in [6, 6.07) is 0. The van der Waals surface area contributed by atoms with Crippen molar-refractivity contribution in [1.82, 2.24) is 10.2 Å². The van der Waals surface area contributed by atoms with Crippen LogP contribution in [0.25, 0.3) is 0 Å². The molecule has 1 heterocycles. The normalized spacial score (nSPS) is 20.3. The third-order valence-electron chi connectivity index (χ3n) is 3.78. The maximum Gasteiger partial charge on any atom is 0.193 e. The molecule has 1 N–H and O–H groups in total. The topological polar surface area (TPSA) is 61.8 Å². The van der Waals surface area contributed by atoms with Crippen molar-refractivity contribution in [3.05, 3.63) is 0 Å². The van der Waals surface area contributed by atoms with Crippen LogP contribution in [0.1, 0.15) is 41.0 Å². The average molecular weight is 303 g/mol. The van der Waals surface area contributed by atoms with Gasteiger partial charge >= 0.3 is 0 Å². The number of aliphatic imine (C=N–C) groups is 1. The first kappa shape index (κ1) is 17.3. The molecule has 0 spiro atoms. The summed E-state index contributed by atoms with van der Waals surface area (Å²) >= 11 is 0. The summed E-state index contributed by atoms with van der Waals surface area (Å²) in [4.78, 5) is 6.45. The lowest BCUT2D eigenvalue weighted by Crippen LogP contribution is -2.43. The summed E-state index contributed by atoms with van der Waals surface area (Å²) in [5.41, 5.74) is 0.301. The molecule has 1 aliphatic heterocycles. The van der Waals surface area contributed by atoms with Gasteiger partial charge in [-0.3, -0.25) is 4.99 Å². The summed E-state index contributed by atoms with van der Waals surface area (Å²) in [6.45, 7) is 12.0. The lowest BCUT2D eigenvalue weighted by molar-refractivity contribution is 0.370. The molecule has 6 heteroatoms. The molecule has 0 unspecified atom stereocenters. The molecule has 0 amide bonds. The Labute approximate surface area is 123 Å².